The van der Waals surface area contributed by atoms with Gasteiger partial charge < -0.3 is 39.9 Å². The van der Waals surface area contributed by atoms with Gasteiger partial charge in [-0.1, -0.05) is 245 Å². The van der Waals surface area contributed by atoms with E-state index in [4.69, 9.17) is 18.5 Å². The van der Waals surface area contributed by atoms with Crippen molar-refractivity contribution in [1.29, 1.82) is 0 Å². The average Bonchev–Trinajstić information content (AvgIpc) is 3.31. The molecule has 398 valence electrons. The third-order valence-corrected chi connectivity index (χ3v) is 14.4. The van der Waals surface area contributed by atoms with Crippen LogP contribution in [0.5, 0.6) is 0 Å². The van der Waals surface area contributed by atoms with Gasteiger partial charge in [0.1, 0.15) is 43.2 Å². The van der Waals surface area contributed by atoms with Crippen LogP contribution in [0, 0.1) is 0 Å². The van der Waals surface area contributed by atoms with Crippen molar-refractivity contribution in [2.75, 3.05) is 13.2 Å². The monoisotopic (exact) mass is 979 g/mol. The number of unbranched alkanes of at least 4 members (excludes halogenated alkanes) is 36. The van der Waals surface area contributed by atoms with E-state index in [1.807, 2.05) is 0 Å². The third-order valence-electron chi connectivity index (χ3n) is 13.4. The van der Waals surface area contributed by atoms with Crippen LogP contribution in [0.2, 0.25) is 0 Å². The number of ether oxygens (including phenoxy) is 2. The Balaban J connectivity index is 2.32. The van der Waals surface area contributed by atoms with Crippen molar-refractivity contribution < 1.29 is 63.1 Å². The number of phosphoric ester groups is 1. The van der Waals surface area contributed by atoms with Crippen LogP contribution in [-0.2, 0) is 32.7 Å². The number of carbonyl (C=O) groups excluding carboxylic acids is 2. The maximum absolute atomic E-state index is 12.9. The molecule has 0 bridgehead atoms. The fraction of sp³-hybridized carbons (Fsp3) is 0.962. The van der Waals surface area contributed by atoms with Crippen molar-refractivity contribution in [3.63, 3.8) is 0 Å². The molecular formula is C53H103O13P. The van der Waals surface area contributed by atoms with E-state index in [-0.39, 0.29) is 12.8 Å². The summed E-state index contributed by atoms with van der Waals surface area (Å²) in [4.78, 5) is 35.9. The van der Waals surface area contributed by atoms with E-state index in [1.165, 1.54) is 193 Å². The zero-order valence-electron chi connectivity index (χ0n) is 42.7. The summed E-state index contributed by atoms with van der Waals surface area (Å²) in [5.41, 5.74) is 0. The van der Waals surface area contributed by atoms with Gasteiger partial charge in [0.25, 0.3) is 0 Å². The fourth-order valence-corrected chi connectivity index (χ4v) is 9.97. The highest BCUT2D eigenvalue weighted by molar-refractivity contribution is 7.47. The highest BCUT2D eigenvalue weighted by Gasteiger charge is 2.51. The van der Waals surface area contributed by atoms with Crippen LogP contribution in [0.4, 0.5) is 0 Å². The summed E-state index contributed by atoms with van der Waals surface area (Å²) in [5.74, 6) is -1.08. The predicted octanol–water partition coefficient (Wildman–Crippen LogP) is 12.4. The topological polar surface area (TPSA) is 210 Å². The SMILES string of the molecule is CCCCCCCCCCCCCCCCCCCCCCCCCC(=O)O[C@H](COC(=O)CCCCCCCCCCCCCCCCC)COP(=O)(O)OC1C(O)C(O)C(O)[C@@H](O)C1O. The van der Waals surface area contributed by atoms with Crippen molar-refractivity contribution in [1.82, 2.24) is 0 Å². The van der Waals surface area contributed by atoms with Gasteiger partial charge in [0.2, 0.25) is 0 Å². The summed E-state index contributed by atoms with van der Waals surface area (Å²) >= 11 is 0. The standard InChI is InChI=1S/C53H103O13P/c1-3-5-7-9-11-13-15-17-19-20-21-22-23-24-25-26-28-30-32-34-36-38-40-42-47(55)65-45(44-64-67(61,62)66-53-51(59)49(57)48(56)50(58)52(53)60)43-63-46(54)41-39-37-35-33-31-29-27-18-16-14-12-10-8-6-4-2/h45,48-53,56-60H,3-44H2,1-2H3,(H,61,62)/t45-,48?,49-,50?,51?,52?,53?/m1/s1. The molecule has 0 aromatic heterocycles. The Hall–Kier alpha value is -1.15. The zero-order chi connectivity index (χ0) is 49.2. The second-order valence-corrected chi connectivity index (χ2v) is 21.2. The number of esters is 2. The zero-order valence-corrected chi connectivity index (χ0v) is 43.6. The minimum Gasteiger partial charge on any atom is -0.462 e. The number of aliphatic hydroxyl groups excluding tert-OH is 5. The van der Waals surface area contributed by atoms with Gasteiger partial charge in [-0.2, -0.15) is 0 Å². The second-order valence-electron chi connectivity index (χ2n) is 19.8. The summed E-state index contributed by atoms with van der Waals surface area (Å²) in [6.07, 6.45) is 34.4. The van der Waals surface area contributed by atoms with E-state index in [9.17, 15) is 44.6 Å². The average molecular weight is 979 g/mol. The minimum atomic E-state index is -5.12. The number of aliphatic hydroxyl groups is 5. The Morgan fingerprint density at radius 2 is 0.672 bits per heavy atom. The second kappa shape index (κ2) is 43.6. The molecular weight excluding hydrogens is 876 g/mol. The smallest absolute Gasteiger partial charge is 0.462 e. The van der Waals surface area contributed by atoms with Crippen molar-refractivity contribution in [3.05, 3.63) is 0 Å². The lowest BCUT2D eigenvalue weighted by Gasteiger charge is -2.41. The molecule has 0 saturated heterocycles. The van der Waals surface area contributed by atoms with Crippen molar-refractivity contribution >= 4 is 19.8 Å². The Morgan fingerprint density at radius 3 is 0.985 bits per heavy atom. The van der Waals surface area contributed by atoms with Gasteiger partial charge in [0.05, 0.1) is 6.61 Å². The Labute approximate surface area is 408 Å². The lowest BCUT2D eigenvalue weighted by atomic mass is 9.85. The number of hydrogen-bond donors (Lipinski definition) is 6. The van der Waals surface area contributed by atoms with Gasteiger partial charge in [-0.3, -0.25) is 18.6 Å². The van der Waals surface area contributed by atoms with Gasteiger partial charge in [0.15, 0.2) is 6.10 Å². The van der Waals surface area contributed by atoms with E-state index in [1.54, 1.807) is 0 Å². The third kappa shape index (κ3) is 35.6. The van der Waals surface area contributed by atoms with Crippen molar-refractivity contribution in [2.24, 2.45) is 0 Å². The molecule has 67 heavy (non-hydrogen) atoms. The van der Waals surface area contributed by atoms with Crippen LogP contribution in [0.1, 0.15) is 271 Å². The Morgan fingerprint density at radius 1 is 0.403 bits per heavy atom. The summed E-state index contributed by atoms with van der Waals surface area (Å²) in [6, 6.07) is 0. The first kappa shape index (κ1) is 63.9. The molecule has 0 aromatic rings. The first-order valence-corrected chi connectivity index (χ1v) is 29.3. The largest absolute Gasteiger partial charge is 0.472 e. The van der Waals surface area contributed by atoms with Crippen molar-refractivity contribution in [2.45, 2.75) is 313 Å². The number of phosphoric acid groups is 1. The number of carbonyl (C=O) groups is 2. The fourth-order valence-electron chi connectivity index (χ4n) is 9.00. The Kier molecular flexibility index (Phi) is 41.6. The van der Waals surface area contributed by atoms with Gasteiger partial charge >= 0.3 is 19.8 Å². The van der Waals surface area contributed by atoms with Crippen LogP contribution in [-0.4, -0.2) is 98.3 Å². The summed E-state index contributed by atoms with van der Waals surface area (Å²) in [7, 11) is -5.12. The number of hydrogen-bond acceptors (Lipinski definition) is 12. The summed E-state index contributed by atoms with van der Waals surface area (Å²) in [6.45, 7) is 3.36. The van der Waals surface area contributed by atoms with E-state index in [2.05, 4.69) is 13.8 Å². The van der Waals surface area contributed by atoms with Crippen LogP contribution in [0.25, 0.3) is 0 Å². The van der Waals surface area contributed by atoms with Gasteiger partial charge in [0, 0.05) is 12.8 Å². The van der Waals surface area contributed by atoms with Crippen LogP contribution in [0.3, 0.4) is 0 Å². The highest BCUT2D eigenvalue weighted by atomic mass is 31.2. The Bertz CT molecular complexity index is 1180. The maximum atomic E-state index is 12.9. The van der Waals surface area contributed by atoms with Crippen molar-refractivity contribution in [3.8, 4) is 0 Å². The molecule has 14 heteroatoms. The first-order valence-electron chi connectivity index (χ1n) is 27.8. The molecule has 6 unspecified atom stereocenters. The van der Waals surface area contributed by atoms with Crippen LogP contribution >= 0.6 is 7.82 Å². The van der Waals surface area contributed by atoms with E-state index in [0.29, 0.717) is 12.8 Å². The molecule has 0 heterocycles. The van der Waals surface area contributed by atoms with E-state index < -0.39 is 75.7 Å². The molecule has 0 radical (unpaired) electrons. The quantitative estimate of drug-likeness (QED) is 0.0191. The molecule has 8 atom stereocenters. The summed E-state index contributed by atoms with van der Waals surface area (Å²) < 4.78 is 33.7. The molecule has 1 aliphatic rings. The molecule has 13 nitrogen and oxygen atoms in total. The van der Waals surface area contributed by atoms with E-state index >= 15 is 0 Å². The molecule has 1 aliphatic carbocycles. The minimum absolute atomic E-state index is 0.106. The van der Waals surface area contributed by atoms with E-state index in [0.717, 1.165) is 38.5 Å². The summed E-state index contributed by atoms with van der Waals surface area (Å²) in [5, 5.41) is 50.3. The molecule has 1 fully saturated rings. The normalized spacial score (nSPS) is 21.0. The molecule has 6 N–H and O–H groups in total. The molecule has 1 rings (SSSR count). The predicted molar refractivity (Wildman–Crippen MR) is 268 cm³/mol. The maximum Gasteiger partial charge on any atom is 0.472 e. The number of rotatable bonds is 48. The molecule has 1 saturated carbocycles. The van der Waals surface area contributed by atoms with Gasteiger partial charge in [-0.15, -0.1) is 0 Å². The van der Waals surface area contributed by atoms with Crippen LogP contribution < -0.4 is 0 Å². The molecule has 0 amide bonds. The van der Waals surface area contributed by atoms with Crippen LogP contribution in [0.15, 0.2) is 0 Å². The highest BCUT2D eigenvalue weighted by Crippen LogP contribution is 2.47. The first-order chi connectivity index (χ1) is 32.4. The lowest BCUT2D eigenvalue weighted by molar-refractivity contribution is -0.220. The van der Waals surface area contributed by atoms with Gasteiger partial charge in [-0.05, 0) is 12.8 Å². The molecule has 0 aliphatic heterocycles. The molecule has 0 aromatic carbocycles. The molecule has 0 spiro atoms. The van der Waals surface area contributed by atoms with Gasteiger partial charge in [-0.25, -0.2) is 4.57 Å². The lowest BCUT2D eigenvalue weighted by Crippen LogP contribution is -2.64.